The van der Waals surface area contributed by atoms with E-state index in [-0.39, 0.29) is 24.5 Å². The number of carbonyl (C=O) groups is 1. The van der Waals surface area contributed by atoms with Gasteiger partial charge in [0.1, 0.15) is 12.9 Å². The second kappa shape index (κ2) is 5.53. The summed E-state index contributed by atoms with van der Waals surface area (Å²) in [6, 6.07) is 3.24. The van der Waals surface area contributed by atoms with Crippen LogP contribution in [0.3, 0.4) is 0 Å². The number of benzene rings is 1. The fourth-order valence-electron chi connectivity index (χ4n) is 1.08. The molecule has 0 atom stereocenters. The van der Waals surface area contributed by atoms with Crippen molar-refractivity contribution in [3.05, 3.63) is 23.8 Å². The Morgan fingerprint density at radius 2 is 2.00 bits per heavy atom. The molecule has 0 spiro atoms. The van der Waals surface area contributed by atoms with Gasteiger partial charge in [0.05, 0.1) is 6.61 Å². The summed E-state index contributed by atoms with van der Waals surface area (Å²) in [6.07, 6.45) is -4.39. The lowest BCUT2D eigenvalue weighted by atomic mass is 10.2. The maximum Gasteiger partial charge on any atom is 0.573 e. The second-order valence-electron chi connectivity index (χ2n) is 2.94. The van der Waals surface area contributed by atoms with Crippen molar-refractivity contribution in [2.24, 2.45) is 0 Å². The number of alkyl halides is 3. The van der Waals surface area contributed by atoms with Crippen molar-refractivity contribution < 1.29 is 32.5 Å². The van der Waals surface area contributed by atoms with Gasteiger partial charge in [-0.3, -0.25) is 4.79 Å². The Bertz CT molecular complexity index is 390. The molecule has 1 N–H and O–H groups in total. The topological polar surface area (TPSA) is 55.8 Å². The van der Waals surface area contributed by atoms with E-state index in [1.54, 1.807) is 0 Å². The molecule has 0 unspecified atom stereocenters. The van der Waals surface area contributed by atoms with Crippen molar-refractivity contribution in [2.45, 2.75) is 6.36 Å². The smallest absolute Gasteiger partial charge is 0.487 e. The number of aldehydes is 1. The molecular weight excluding hydrogens is 241 g/mol. The molecule has 1 aromatic carbocycles. The van der Waals surface area contributed by atoms with Gasteiger partial charge in [-0.05, 0) is 18.2 Å². The molecule has 0 aliphatic rings. The summed E-state index contributed by atoms with van der Waals surface area (Å²) in [6.45, 7) is -0.562. The van der Waals surface area contributed by atoms with Gasteiger partial charge >= 0.3 is 6.36 Å². The van der Waals surface area contributed by atoms with E-state index in [2.05, 4.69) is 4.74 Å². The highest BCUT2D eigenvalue weighted by molar-refractivity contribution is 5.76. The normalized spacial score (nSPS) is 11.1. The molecule has 0 radical (unpaired) electrons. The predicted molar refractivity (Wildman–Crippen MR) is 51.1 cm³/mol. The number of halogens is 3. The van der Waals surface area contributed by atoms with Gasteiger partial charge in [-0.1, -0.05) is 0 Å². The minimum Gasteiger partial charge on any atom is -0.487 e. The molecule has 0 aliphatic heterocycles. The third kappa shape index (κ3) is 4.31. The zero-order valence-electron chi connectivity index (χ0n) is 8.53. The van der Waals surface area contributed by atoms with Crippen LogP contribution in [0.4, 0.5) is 13.2 Å². The number of hydrogen-bond acceptors (Lipinski definition) is 4. The van der Waals surface area contributed by atoms with Crippen LogP contribution in [0.25, 0.3) is 0 Å². The van der Waals surface area contributed by atoms with Gasteiger partial charge in [0.15, 0.2) is 11.5 Å². The summed E-state index contributed by atoms with van der Waals surface area (Å²) in [5.41, 5.74) is 0.146. The molecule has 94 valence electrons. The Labute approximate surface area is 94.6 Å². The Kier molecular flexibility index (Phi) is 4.33. The Morgan fingerprint density at radius 1 is 1.29 bits per heavy atom. The zero-order chi connectivity index (χ0) is 12.9. The van der Waals surface area contributed by atoms with Crippen molar-refractivity contribution in [1.29, 1.82) is 0 Å². The zero-order valence-corrected chi connectivity index (χ0v) is 8.53. The lowest BCUT2D eigenvalue weighted by molar-refractivity contribution is -0.275. The van der Waals surface area contributed by atoms with E-state index < -0.39 is 12.1 Å². The van der Waals surface area contributed by atoms with E-state index in [0.29, 0.717) is 6.29 Å². The molecule has 0 fully saturated rings. The van der Waals surface area contributed by atoms with E-state index in [4.69, 9.17) is 9.84 Å². The third-order valence-electron chi connectivity index (χ3n) is 1.68. The Hall–Kier alpha value is -1.76. The molecule has 1 rings (SSSR count). The third-order valence-corrected chi connectivity index (χ3v) is 1.68. The molecule has 0 heterocycles. The Balaban J connectivity index is 2.97. The van der Waals surface area contributed by atoms with Crippen LogP contribution in [-0.4, -0.2) is 31.0 Å². The number of carbonyl (C=O) groups excluding carboxylic acids is 1. The van der Waals surface area contributed by atoms with E-state index in [0.717, 1.165) is 12.1 Å². The Morgan fingerprint density at radius 3 is 2.53 bits per heavy atom. The highest BCUT2D eigenvalue weighted by Gasteiger charge is 2.32. The number of rotatable bonds is 5. The van der Waals surface area contributed by atoms with Crippen molar-refractivity contribution in [1.82, 2.24) is 0 Å². The van der Waals surface area contributed by atoms with Crippen molar-refractivity contribution in [3.63, 3.8) is 0 Å². The fraction of sp³-hybridized carbons (Fsp3) is 0.300. The molecule has 0 aliphatic carbocycles. The highest BCUT2D eigenvalue weighted by atomic mass is 19.4. The lowest BCUT2D eigenvalue weighted by Crippen LogP contribution is -2.18. The van der Waals surface area contributed by atoms with Crippen molar-refractivity contribution >= 4 is 6.29 Å². The van der Waals surface area contributed by atoms with E-state index in [9.17, 15) is 18.0 Å². The number of aliphatic hydroxyl groups excluding tert-OH is 1. The van der Waals surface area contributed by atoms with Crippen LogP contribution in [0.5, 0.6) is 11.5 Å². The van der Waals surface area contributed by atoms with Crippen LogP contribution in [0.1, 0.15) is 10.4 Å². The first kappa shape index (κ1) is 13.3. The van der Waals surface area contributed by atoms with Gasteiger partial charge in [-0.15, -0.1) is 13.2 Å². The fourth-order valence-corrected chi connectivity index (χ4v) is 1.08. The van der Waals surface area contributed by atoms with Gasteiger partial charge in [-0.25, -0.2) is 0 Å². The van der Waals surface area contributed by atoms with Crippen molar-refractivity contribution in [3.8, 4) is 11.5 Å². The molecule has 1 aromatic rings. The maximum absolute atomic E-state index is 12.0. The molecule has 17 heavy (non-hydrogen) atoms. The molecule has 0 saturated heterocycles. The molecule has 0 saturated carbocycles. The van der Waals surface area contributed by atoms with Gasteiger partial charge in [0.2, 0.25) is 0 Å². The highest BCUT2D eigenvalue weighted by Crippen LogP contribution is 2.32. The molecule has 0 aromatic heterocycles. The summed E-state index contributed by atoms with van der Waals surface area (Å²) in [5.74, 6) is -0.808. The van der Waals surface area contributed by atoms with E-state index >= 15 is 0 Å². The van der Waals surface area contributed by atoms with E-state index in [1.165, 1.54) is 6.07 Å². The predicted octanol–water partition coefficient (Wildman–Crippen LogP) is 1.77. The van der Waals surface area contributed by atoms with Crippen LogP contribution in [0.15, 0.2) is 18.2 Å². The average Bonchev–Trinajstić information content (AvgIpc) is 2.26. The minimum absolute atomic E-state index is 0.146. The van der Waals surface area contributed by atoms with E-state index in [1.807, 2.05) is 0 Å². The molecule has 0 bridgehead atoms. The summed E-state index contributed by atoms with van der Waals surface area (Å²) >= 11 is 0. The largest absolute Gasteiger partial charge is 0.573 e. The monoisotopic (exact) mass is 250 g/mol. The summed E-state index contributed by atoms with van der Waals surface area (Å²) < 4.78 is 44.6. The molecule has 7 heteroatoms. The minimum atomic E-state index is -4.85. The first-order valence-corrected chi connectivity index (χ1v) is 4.55. The summed E-state index contributed by atoms with van der Waals surface area (Å²) in [5, 5.41) is 8.52. The van der Waals surface area contributed by atoms with Crippen LogP contribution >= 0.6 is 0 Å². The molecular formula is C10H9F3O4. The van der Waals surface area contributed by atoms with Crippen LogP contribution < -0.4 is 9.47 Å². The molecule has 0 amide bonds. The van der Waals surface area contributed by atoms with Gasteiger partial charge < -0.3 is 14.6 Å². The summed E-state index contributed by atoms with van der Waals surface area (Å²) in [4.78, 5) is 10.5. The van der Waals surface area contributed by atoms with Crippen molar-refractivity contribution in [2.75, 3.05) is 13.2 Å². The standard InChI is InChI=1S/C10H9F3O4/c11-10(12,13)17-8-2-1-7(6-15)5-9(8)16-4-3-14/h1-2,5-6,14H,3-4H2. The number of ether oxygens (including phenoxy) is 2. The van der Waals surface area contributed by atoms with Crippen LogP contribution in [-0.2, 0) is 0 Å². The van der Waals surface area contributed by atoms with Gasteiger partial charge in [0.25, 0.3) is 0 Å². The van der Waals surface area contributed by atoms with Gasteiger partial charge in [-0.2, -0.15) is 0 Å². The first-order valence-electron chi connectivity index (χ1n) is 4.55. The first-order chi connectivity index (χ1) is 7.96. The summed E-state index contributed by atoms with van der Waals surface area (Å²) in [7, 11) is 0. The van der Waals surface area contributed by atoms with Gasteiger partial charge in [0, 0.05) is 5.56 Å². The van der Waals surface area contributed by atoms with Crippen LogP contribution in [0.2, 0.25) is 0 Å². The average molecular weight is 250 g/mol. The quantitative estimate of drug-likeness (QED) is 0.809. The SMILES string of the molecule is O=Cc1ccc(OC(F)(F)F)c(OCCO)c1. The molecule has 4 nitrogen and oxygen atoms in total. The van der Waals surface area contributed by atoms with Crippen LogP contribution in [0, 0.1) is 0 Å². The second-order valence-corrected chi connectivity index (χ2v) is 2.94. The maximum atomic E-state index is 12.0. The lowest BCUT2D eigenvalue weighted by Gasteiger charge is -2.13. The number of aliphatic hydroxyl groups is 1. The number of hydrogen-bond donors (Lipinski definition) is 1.